The van der Waals surface area contributed by atoms with Crippen molar-refractivity contribution in [3.8, 4) is 5.75 Å². The normalized spacial score (nSPS) is 12.1. The van der Waals surface area contributed by atoms with Crippen molar-refractivity contribution in [2.45, 2.75) is 31.1 Å². The first-order valence-corrected chi connectivity index (χ1v) is 11.0. The molecule has 30 heavy (non-hydrogen) atoms. The van der Waals surface area contributed by atoms with Gasteiger partial charge in [-0.15, -0.1) is 0 Å². The second-order valence-electron chi connectivity index (χ2n) is 6.72. The third kappa shape index (κ3) is 4.30. The standard InChI is InChI=1S/C21H25N5O3S/c1-3-4-8-19(24-25-21(22)23)18-14-26(20-9-6-5-7-17(18)20)30(27,28)16-12-10-15(29-2)11-13-16/h5-7,9-14H,3-4,8H2,1-2H3,(H4,22,23,25). The highest BCUT2D eigenvalue weighted by Crippen LogP contribution is 2.28. The number of aromatic nitrogens is 1. The van der Waals surface area contributed by atoms with Gasteiger partial charge in [-0.3, -0.25) is 5.41 Å². The number of hydrazone groups is 1. The molecule has 4 N–H and O–H groups in total. The molecule has 0 spiro atoms. The van der Waals surface area contributed by atoms with E-state index in [2.05, 4.69) is 17.5 Å². The Labute approximate surface area is 175 Å². The summed E-state index contributed by atoms with van der Waals surface area (Å²) in [6.45, 7) is 2.06. The van der Waals surface area contributed by atoms with Gasteiger partial charge in [-0.1, -0.05) is 31.5 Å². The van der Waals surface area contributed by atoms with E-state index in [9.17, 15) is 8.42 Å². The number of para-hydroxylation sites is 1. The van der Waals surface area contributed by atoms with Crippen molar-refractivity contribution < 1.29 is 13.2 Å². The van der Waals surface area contributed by atoms with Crippen LogP contribution in [0.4, 0.5) is 0 Å². The molecule has 1 heterocycles. The van der Waals surface area contributed by atoms with Crippen molar-refractivity contribution >= 4 is 32.6 Å². The Hall–Kier alpha value is -3.33. The minimum Gasteiger partial charge on any atom is -0.497 e. The number of ether oxygens (including phenoxy) is 1. The first-order valence-electron chi connectivity index (χ1n) is 9.55. The predicted molar refractivity (Wildman–Crippen MR) is 119 cm³/mol. The molecular weight excluding hydrogens is 402 g/mol. The third-order valence-electron chi connectivity index (χ3n) is 4.68. The topological polar surface area (TPSA) is 123 Å². The number of rotatable bonds is 8. The molecule has 0 amide bonds. The summed E-state index contributed by atoms with van der Waals surface area (Å²) in [5.41, 5.74) is 9.76. The van der Waals surface area contributed by atoms with Crippen LogP contribution in [-0.4, -0.2) is 31.2 Å². The number of nitrogens with two attached hydrogens (primary N) is 1. The number of benzene rings is 2. The number of methoxy groups -OCH3 is 1. The lowest BCUT2D eigenvalue weighted by atomic mass is 10.0. The first kappa shape index (κ1) is 21.4. The van der Waals surface area contributed by atoms with Gasteiger partial charge in [0.25, 0.3) is 10.0 Å². The van der Waals surface area contributed by atoms with Crippen LogP contribution in [0.25, 0.3) is 10.9 Å². The van der Waals surface area contributed by atoms with E-state index in [-0.39, 0.29) is 10.9 Å². The lowest BCUT2D eigenvalue weighted by Gasteiger charge is -2.08. The van der Waals surface area contributed by atoms with Crippen molar-refractivity contribution in [2.24, 2.45) is 10.8 Å². The molecule has 3 rings (SSSR count). The third-order valence-corrected chi connectivity index (χ3v) is 6.37. The number of hydrogen-bond acceptors (Lipinski definition) is 5. The summed E-state index contributed by atoms with van der Waals surface area (Å²) in [7, 11) is -2.31. The van der Waals surface area contributed by atoms with Gasteiger partial charge in [-0.25, -0.2) is 17.8 Å². The second kappa shape index (κ2) is 9.00. The molecule has 158 valence electrons. The van der Waals surface area contributed by atoms with E-state index in [0.717, 1.165) is 18.2 Å². The maximum absolute atomic E-state index is 13.4. The number of hydrogen-bond donors (Lipinski definition) is 3. The van der Waals surface area contributed by atoms with E-state index in [1.54, 1.807) is 30.5 Å². The van der Waals surface area contributed by atoms with Crippen molar-refractivity contribution in [1.29, 1.82) is 5.41 Å². The quantitative estimate of drug-likeness (QED) is 0.289. The van der Waals surface area contributed by atoms with Gasteiger partial charge in [-0.05, 0) is 43.2 Å². The molecule has 0 aliphatic rings. The summed E-state index contributed by atoms with van der Waals surface area (Å²) in [6, 6.07) is 13.5. The lowest BCUT2D eigenvalue weighted by Crippen LogP contribution is -2.27. The molecule has 1 aromatic heterocycles. The molecule has 2 aromatic carbocycles. The number of fused-ring (bicyclic) bond motifs is 1. The van der Waals surface area contributed by atoms with Crippen LogP contribution >= 0.6 is 0 Å². The fourth-order valence-corrected chi connectivity index (χ4v) is 4.53. The van der Waals surface area contributed by atoms with Crippen molar-refractivity contribution in [2.75, 3.05) is 7.11 Å². The Bertz CT molecular complexity index is 1180. The fourth-order valence-electron chi connectivity index (χ4n) is 3.16. The van der Waals surface area contributed by atoms with E-state index < -0.39 is 10.0 Å². The van der Waals surface area contributed by atoms with E-state index in [1.807, 2.05) is 12.1 Å². The minimum absolute atomic E-state index is 0.157. The van der Waals surface area contributed by atoms with Crippen LogP contribution in [0.5, 0.6) is 5.75 Å². The summed E-state index contributed by atoms with van der Waals surface area (Å²) in [5.74, 6) is 0.301. The van der Waals surface area contributed by atoms with Gasteiger partial charge in [0.05, 0.1) is 23.2 Å². The van der Waals surface area contributed by atoms with Crippen molar-refractivity contribution in [1.82, 2.24) is 9.40 Å². The average Bonchev–Trinajstić information content (AvgIpc) is 3.14. The van der Waals surface area contributed by atoms with Crippen LogP contribution in [0.1, 0.15) is 31.7 Å². The maximum atomic E-state index is 13.4. The van der Waals surface area contributed by atoms with E-state index in [1.165, 1.54) is 23.2 Å². The minimum atomic E-state index is -3.84. The maximum Gasteiger partial charge on any atom is 0.268 e. The smallest absolute Gasteiger partial charge is 0.268 e. The number of nitrogens with zero attached hydrogens (tertiary/aromatic N) is 2. The van der Waals surface area contributed by atoms with E-state index in [0.29, 0.717) is 29.0 Å². The Morgan fingerprint density at radius 3 is 2.53 bits per heavy atom. The largest absolute Gasteiger partial charge is 0.497 e. The van der Waals surface area contributed by atoms with Gasteiger partial charge >= 0.3 is 0 Å². The molecule has 0 aliphatic heterocycles. The highest BCUT2D eigenvalue weighted by Gasteiger charge is 2.23. The number of nitrogens with one attached hydrogen (secondary N) is 2. The van der Waals surface area contributed by atoms with E-state index >= 15 is 0 Å². The molecule has 0 atom stereocenters. The molecule has 0 radical (unpaired) electrons. The summed E-state index contributed by atoms with van der Waals surface area (Å²) < 4.78 is 33.1. The van der Waals surface area contributed by atoms with E-state index in [4.69, 9.17) is 15.9 Å². The summed E-state index contributed by atoms with van der Waals surface area (Å²) >= 11 is 0. The molecule has 0 fully saturated rings. The number of guanidine groups is 1. The molecule has 8 nitrogen and oxygen atoms in total. The zero-order chi connectivity index (χ0) is 21.7. The zero-order valence-electron chi connectivity index (χ0n) is 16.9. The highest BCUT2D eigenvalue weighted by molar-refractivity contribution is 7.90. The Kier molecular flexibility index (Phi) is 6.41. The molecule has 3 aromatic rings. The molecule has 0 saturated carbocycles. The summed E-state index contributed by atoms with van der Waals surface area (Å²) in [4.78, 5) is 0.157. The molecule has 9 heteroatoms. The highest BCUT2D eigenvalue weighted by atomic mass is 32.2. The van der Waals surface area contributed by atoms with Gasteiger partial charge < -0.3 is 10.5 Å². The fraction of sp³-hybridized carbons (Fsp3) is 0.238. The monoisotopic (exact) mass is 427 g/mol. The number of unbranched alkanes of at least 4 members (excludes halogenated alkanes) is 1. The SMILES string of the molecule is CCCCC(=NNC(=N)N)c1cn(S(=O)(=O)c2ccc(OC)cc2)c2ccccc12. The van der Waals surface area contributed by atoms with Crippen molar-refractivity contribution in [3.05, 3.63) is 60.3 Å². The Balaban J connectivity index is 2.17. The van der Waals surface area contributed by atoms with Gasteiger partial charge in [0.1, 0.15) is 5.75 Å². The molecule has 0 aliphatic carbocycles. The zero-order valence-corrected chi connectivity index (χ0v) is 17.7. The summed E-state index contributed by atoms with van der Waals surface area (Å²) in [6.07, 6.45) is 4.01. The van der Waals surface area contributed by atoms with Crippen LogP contribution in [0, 0.1) is 5.41 Å². The molecule has 0 unspecified atom stereocenters. The van der Waals surface area contributed by atoms with Gasteiger partial charge in [0, 0.05) is 17.1 Å². The van der Waals surface area contributed by atoms with Gasteiger partial charge in [0.2, 0.25) is 5.96 Å². The van der Waals surface area contributed by atoms with Crippen LogP contribution in [0.15, 0.2) is 64.7 Å². The predicted octanol–water partition coefficient (Wildman–Crippen LogP) is 3.26. The van der Waals surface area contributed by atoms with Crippen LogP contribution in [0.2, 0.25) is 0 Å². The Morgan fingerprint density at radius 2 is 1.90 bits per heavy atom. The van der Waals surface area contributed by atoms with Gasteiger partial charge in [0.15, 0.2) is 0 Å². The Morgan fingerprint density at radius 1 is 1.20 bits per heavy atom. The first-order chi connectivity index (χ1) is 14.4. The van der Waals surface area contributed by atoms with Crippen LogP contribution in [0.3, 0.4) is 0 Å². The lowest BCUT2D eigenvalue weighted by molar-refractivity contribution is 0.414. The van der Waals surface area contributed by atoms with Crippen LogP contribution < -0.4 is 15.9 Å². The summed E-state index contributed by atoms with van der Waals surface area (Å²) in [5, 5.41) is 12.4. The molecule has 0 saturated heterocycles. The van der Waals surface area contributed by atoms with Crippen LogP contribution in [-0.2, 0) is 10.0 Å². The second-order valence-corrected chi connectivity index (χ2v) is 8.54. The average molecular weight is 428 g/mol. The van der Waals surface area contributed by atoms with Gasteiger partial charge in [-0.2, -0.15) is 5.10 Å². The van der Waals surface area contributed by atoms with Crippen molar-refractivity contribution in [3.63, 3.8) is 0 Å². The molecule has 0 bridgehead atoms. The molecular formula is C21H25N5O3S.